The van der Waals surface area contributed by atoms with Gasteiger partial charge in [-0.1, -0.05) is 59.1 Å². The second-order valence-electron chi connectivity index (χ2n) is 5.56. The van der Waals surface area contributed by atoms with Gasteiger partial charge >= 0.3 is 0 Å². The van der Waals surface area contributed by atoms with Gasteiger partial charge in [0.15, 0.2) is 10.9 Å². The quantitative estimate of drug-likeness (QED) is 0.588. The van der Waals surface area contributed by atoms with Gasteiger partial charge in [-0.25, -0.2) is 0 Å². The van der Waals surface area contributed by atoms with Crippen molar-refractivity contribution in [2.45, 2.75) is 13.5 Å². The third-order valence-corrected chi connectivity index (χ3v) is 4.57. The highest BCUT2D eigenvalue weighted by molar-refractivity contribution is 7.80. The Morgan fingerprint density at radius 2 is 1.84 bits per heavy atom. The predicted molar refractivity (Wildman–Crippen MR) is 109 cm³/mol. The van der Waals surface area contributed by atoms with Crippen molar-refractivity contribution in [3.8, 4) is 0 Å². The number of rotatable bonds is 4. The Bertz CT molecular complexity index is 890. The van der Waals surface area contributed by atoms with Gasteiger partial charge in [0.1, 0.15) is 0 Å². The van der Waals surface area contributed by atoms with Gasteiger partial charge in [0, 0.05) is 12.3 Å². The van der Waals surface area contributed by atoms with Crippen LogP contribution >= 0.6 is 35.4 Å². The molecule has 1 heterocycles. The molecule has 0 fully saturated rings. The first-order valence-electron chi connectivity index (χ1n) is 7.62. The van der Waals surface area contributed by atoms with Gasteiger partial charge in [0.05, 0.1) is 22.3 Å². The lowest BCUT2D eigenvalue weighted by molar-refractivity contribution is 0.690. The molecule has 0 saturated carbocycles. The molecule has 0 unspecified atom stereocenters. The van der Waals surface area contributed by atoms with Gasteiger partial charge in [0.25, 0.3) is 0 Å². The summed E-state index contributed by atoms with van der Waals surface area (Å²) >= 11 is 17.4. The van der Waals surface area contributed by atoms with Gasteiger partial charge in [-0.05, 0) is 36.8 Å². The van der Waals surface area contributed by atoms with Crippen LogP contribution in [0.15, 0.2) is 54.7 Å². The standard InChI is InChI=1S/C18H16Cl2N4S/c1-12-5-7-13(8-6-12)11-24-10-9-16(23-24)22-18(25)21-15-4-2-3-14(19)17(15)20/h2-10H,11H2,1H3,(H2,21,22,23,25). The topological polar surface area (TPSA) is 41.9 Å². The van der Waals surface area contributed by atoms with Crippen molar-refractivity contribution in [3.05, 3.63) is 75.9 Å². The monoisotopic (exact) mass is 390 g/mol. The van der Waals surface area contributed by atoms with Crippen LogP contribution in [0.25, 0.3) is 0 Å². The highest BCUT2D eigenvalue weighted by Gasteiger charge is 2.07. The number of thiocarbonyl (C=S) groups is 1. The summed E-state index contributed by atoms with van der Waals surface area (Å²) in [5.74, 6) is 0.655. The first kappa shape index (κ1) is 17.7. The van der Waals surface area contributed by atoms with Gasteiger partial charge in [0.2, 0.25) is 0 Å². The minimum atomic E-state index is 0.393. The Labute approximate surface area is 161 Å². The number of nitrogens with one attached hydrogen (secondary N) is 2. The average molecular weight is 391 g/mol. The smallest absolute Gasteiger partial charge is 0.176 e. The number of hydrogen-bond acceptors (Lipinski definition) is 2. The summed E-state index contributed by atoms with van der Waals surface area (Å²) < 4.78 is 1.85. The molecule has 2 aromatic carbocycles. The normalized spacial score (nSPS) is 10.5. The molecule has 4 nitrogen and oxygen atoms in total. The van der Waals surface area contributed by atoms with Gasteiger partial charge in [-0.2, -0.15) is 5.10 Å². The Hall–Kier alpha value is -2.08. The largest absolute Gasteiger partial charge is 0.331 e. The van der Waals surface area contributed by atoms with Crippen molar-refractivity contribution in [1.82, 2.24) is 9.78 Å². The van der Waals surface area contributed by atoms with E-state index in [4.69, 9.17) is 35.4 Å². The minimum Gasteiger partial charge on any atom is -0.331 e. The van der Waals surface area contributed by atoms with E-state index >= 15 is 0 Å². The van der Waals surface area contributed by atoms with Crippen LogP contribution in [0, 0.1) is 6.92 Å². The second-order valence-corrected chi connectivity index (χ2v) is 6.76. The van der Waals surface area contributed by atoms with Crippen LogP contribution in [0.3, 0.4) is 0 Å². The zero-order chi connectivity index (χ0) is 17.8. The zero-order valence-electron chi connectivity index (χ0n) is 13.5. The first-order valence-corrected chi connectivity index (χ1v) is 8.79. The van der Waals surface area contributed by atoms with Crippen LogP contribution in [0.5, 0.6) is 0 Å². The summed E-state index contributed by atoms with van der Waals surface area (Å²) in [6.45, 7) is 2.77. The maximum atomic E-state index is 6.14. The van der Waals surface area contributed by atoms with Crippen LogP contribution in [-0.4, -0.2) is 14.9 Å². The van der Waals surface area contributed by atoms with E-state index in [1.54, 1.807) is 18.2 Å². The lowest BCUT2D eigenvalue weighted by Gasteiger charge is -2.10. The molecule has 7 heteroatoms. The molecular formula is C18H16Cl2N4S. The molecule has 3 aromatic rings. The highest BCUT2D eigenvalue weighted by atomic mass is 35.5. The summed E-state index contributed by atoms with van der Waals surface area (Å²) in [7, 11) is 0. The molecule has 0 amide bonds. The molecule has 128 valence electrons. The number of nitrogens with zero attached hydrogens (tertiary/aromatic N) is 2. The van der Waals surface area contributed by atoms with Crippen molar-refractivity contribution < 1.29 is 0 Å². The van der Waals surface area contributed by atoms with Crippen molar-refractivity contribution in [2.24, 2.45) is 0 Å². The lowest BCUT2D eigenvalue weighted by Crippen LogP contribution is -2.19. The van der Waals surface area contributed by atoms with Gasteiger partial charge < -0.3 is 10.6 Å². The Balaban J connectivity index is 1.61. The average Bonchev–Trinajstić information content (AvgIpc) is 3.01. The highest BCUT2D eigenvalue weighted by Crippen LogP contribution is 2.29. The molecule has 0 bridgehead atoms. The van der Waals surface area contributed by atoms with E-state index in [1.807, 2.05) is 16.9 Å². The second kappa shape index (κ2) is 7.87. The summed E-state index contributed by atoms with van der Waals surface area (Å²) in [6, 6.07) is 15.6. The number of benzene rings is 2. The number of aromatic nitrogens is 2. The predicted octanol–water partition coefficient (Wildman–Crippen LogP) is 5.36. The zero-order valence-corrected chi connectivity index (χ0v) is 15.8. The molecule has 0 aliphatic carbocycles. The molecule has 1 aromatic heterocycles. The van der Waals surface area contributed by atoms with Gasteiger partial charge in [-0.3, -0.25) is 4.68 Å². The van der Waals surface area contributed by atoms with Crippen molar-refractivity contribution >= 4 is 52.0 Å². The van der Waals surface area contributed by atoms with Crippen LogP contribution in [-0.2, 0) is 6.54 Å². The summed E-state index contributed by atoms with van der Waals surface area (Å²) in [5.41, 5.74) is 3.07. The molecule has 2 N–H and O–H groups in total. The first-order chi connectivity index (χ1) is 12.0. The lowest BCUT2D eigenvalue weighted by atomic mass is 10.1. The van der Waals surface area contributed by atoms with Gasteiger partial charge in [-0.15, -0.1) is 0 Å². The van der Waals surface area contributed by atoms with Crippen LogP contribution < -0.4 is 10.6 Å². The van der Waals surface area contributed by atoms with E-state index < -0.39 is 0 Å². The summed E-state index contributed by atoms with van der Waals surface area (Å²) in [6.07, 6.45) is 1.90. The molecule has 0 aliphatic heterocycles. The van der Waals surface area contributed by atoms with E-state index in [1.165, 1.54) is 11.1 Å². The number of aryl methyl sites for hydroxylation is 1. The van der Waals surface area contributed by atoms with Crippen LogP contribution in [0.4, 0.5) is 11.5 Å². The summed E-state index contributed by atoms with van der Waals surface area (Å²) in [5, 5.41) is 11.8. The number of halogens is 2. The molecular weight excluding hydrogens is 375 g/mol. The van der Waals surface area contributed by atoms with Crippen LogP contribution in [0.1, 0.15) is 11.1 Å². The Kier molecular flexibility index (Phi) is 5.58. The molecule has 0 spiro atoms. The number of hydrogen-bond donors (Lipinski definition) is 2. The van der Waals surface area contributed by atoms with E-state index in [9.17, 15) is 0 Å². The fourth-order valence-corrected chi connectivity index (χ4v) is 2.83. The van der Waals surface area contributed by atoms with Crippen molar-refractivity contribution in [2.75, 3.05) is 10.6 Å². The maximum Gasteiger partial charge on any atom is 0.176 e. The minimum absolute atomic E-state index is 0.393. The Morgan fingerprint density at radius 3 is 2.60 bits per heavy atom. The molecule has 0 aliphatic rings. The van der Waals surface area contributed by atoms with E-state index in [-0.39, 0.29) is 0 Å². The van der Waals surface area contributed by atoms with E-state index in [0.717, 1.165) is 0 Å². The van der Waals surface area contributed by atoms with E-state index in [0.29, 0.717) is 33.2 Å². The summed E-state index contributed by atoms with van der Waals surface area (Å²) in [4.78, 5) is 0. The maximum absolute atomic E-state index is 6.14. The fraction of sp³-hybridized carbons (Fsp3) is 0.111. The van der Waals surface area contributed by atoms with Crippen LogP contribution in [0.2, 0.25) is 10.0 Å². The molecule has 0 radical (unpaired) electrons. The molecule has 3 rings (SSSR count). The van der Waals surface area contributed by atoms with Crippen molar-refractivity contribution in [1.29, 1.82) is 0 Å². The Morgan fingerprint density at radius 1 is 1.08 bits per heavy atom. The third kappa shape index (κ3) is 4.72. The van der Waals surface area contributed by atoms with E-state index in [2.05, 4.69) is 46.9 Å². The molecule has 0 saturated heterocycles. The SMILES string of the molecule is Cc1ccc(Cn2ccc(NC(=S)Nc3cccc(Cl)c3Cl)n2)cc1. The third-order valence-electron chi connectivity index (χ3n) is 3.55. The molecule has 0 atom stereocenters. The van der Waals surface area contributed by atoms with Crippen molar-refractivity contribution in [3.63, 3.8) is 0 Å². The fourth-order valence-electron chi connectivity index (χ4n) is 2.27. The number of anilines is 2. The molecule has 25 heavy (non-hydrogen) atoms.